The Balaban J connectivity index is 0.00000176. The van der Waals surface area contributed by atoms with Crippen molar-refractivity contribution in [2.75, 3.05) is 0 Å². The maximum absolute atomic E-state index is 11.0. The summed E-state index contributed by atoms with van der Waals surface area (Å²) in [4.78, 5) is -0.233. The first-order valence-corrected chi connectivity index (χ1v) is 7.99. The number of aryl methyl sites for hydroxylation is 1. The third-order valence-electron chi connectivity index (χ3n) is 3.33. The Morgan fingerprint density at radius 1 is 1.05 bits per heavy atom. The zero-order valence-corrected chi connectivity index (χ0v) is 15.6. The van der Waals surface area contributed by atoms with Crippen LogP contribution in [0.5, 0.6) is 0 Å². The largest absolute Gasteiger partial charge is 1.00 e. The van der Waals surface area contributed by atoms with Crippen LogP contribution in [0.3, 0.4) is 0 Å². The van der Waals surface area contributed by atoms with E-state index in [1.54, 1.807) is 18.2 Å². The summed E-state index contributed by atoms with van der Waals surface area (Å²) in [5.41, 5.74) is 2.75. The molecule has 2 aromatic carbocycles. The van der Waals surface area contributed by atoms with Gasteiger partial charge in [-0.25, -0.2) is 8.42 Å². The number of nitrogens with zero attached hydrogens (tertiary/aromatic N) is 1. The van der Waals surface area contributed by atoms with Gasteiger partial charge in [-0.2, -0.15) is 0 Å². The summed E-state index contributed by atoms with van der Waals surface area (Å²) in [6, 6.07) is 13.4. The van der Waals surface area contributed by atoms with Gasteiger partial charge in [0.05, 0.1) is 10.4 Å². The van der Waals surface area contributed by atoms with Crippen LogP contribution in [0.2, 0.25) is 5.02 Å². The van der Waals surface area contributed by atoms with E-state index in [2.05, 4.69) is 0 Å². The third-order valence-corrected chi connectivity index (χ3v) is 4.42. The standard InChI is InChI=1S/C15H12ClNO3S.Na/c1-10-8-11-9-12(16)2-7-15(11)17(10)13-3-5-14(6-4-13)21(18,19)20;/h2-9H,1H3,(H,18,19,20);/q;+1/p-1. The molecule has 3 rings (SSSR count). The van der Waals surface area contributed by atoms with Crippen LogP contribution in [-0.4, -0.2) is 17.5 Å². The smallest absolute Gasteiger partial charge is 0.744 e. The van der Waals surface area contributed by atoms with E-state index in [9.17, 15) is 13.0 Å². The minimum absolute atomic E-state index is 0. The fraction of sp³-hybridized carbons (Fsp3) is 0.0667. The van der Waals surface area contributed by atoms with Crippen molar-refractivity contribution in [2.24, 2.45) is 0 Å². The molecule has 108 valence electrons. The minimum atomic E-state index is -4.42. The Bertz CT molecular complexity index is 933. The van der Waals surface area contributed by atoms with Gasteiger partial charge in [0.15, 0.2) is 0 Å². The van der Waals surface area contributed by atoms with Gasteiger partial charge < -0.3 is 9.12 Å². The molecule has 0 aliphatic heterocycles. The van der Waals surface area contributed by atoms with Crippen LogP contribution in [0.4, 0.5) is 0 Å². The van der Waals surface area contributed by atoms with E-state index < -0.39 is 10.1 Å². The Kier molecular flexibility index (Phi) is 5.06. The van der Waals surface area contributed by atoms with E-state index in [1.165, 1.54) is 12.1 Å². The molecular weight excluding hydrogens is 333 g/mol. The van der Waals surface area contributed by atoms with Gasteiger partial charge in [0.25, 0.3) is 0 Å². The van der Waals surface area contributed by atoms with Crippen molar-refractivity contribution in [3.8, 4) is 5.69 Å². The van der Waals surface area contributed by atoms with Gasteiger partial charge in [-0.15, -0.1) is 0 Å². The van der Waals surface area contributed by atoms with Crippen molar-refractivity contribution < 1.29 is 42.5 Å². The summed E-state index contributed by atoms with van der Waals surface area (Å²) in [7, 11) is -4.42. The number of aromatic nitrogens is 1. The SMILES string of the molecule is Cc1cc2cc(Cl)ccc2n1-c1ccc(S(=O)(=O)[O-])cc1.[Na+]. The predicted molar refractivity (Wildman–Crippen MR) is 81.0 cm³/mol. The molecule has 1 heterocycles. The summed E-state index contributed by atoms with van der Waals surface area (Å²) < 4.78 is 34.9. The van der Waals surface area contributed by atoms with Crippen LogP contribution < -0.4 is 29.6 Å². The Morgan fingerprint density at radius 3 is 2.27 bits per heavy atom. The fourth-order valence-electron chi connectivity index (χ4n) is 2.43. The van der Waals surface area contributed by atoms with Crippen molar-refractivity contribution in [2.45, 2.75) is 11.8 Å². The first-order valence-electron chi connectivity index (χ1n) is 6.20. The minimum Gasteiger partial charge on any atom is -0.744 e. The summed E-state index contributed by atoms with van der Waals surface area (Å²) >= 11 is 5.99. The topological polar surface area (TPSA) is 62.1 Å². The van der Waals surface area contributed by atoms with E-state index in [4.69, 9.17) is 11.6 Å². The second-order valence-electron chi connectivity index (χ2n) is 4.77. The summed E-state index contributed by atoms with van der Waals surface area (Å²) in [5.74, 6) is 0. The van der Waals surface area contributed by atoms with Gasteiger partial charge >= 0.3 is 29.6 Å². The number of halogens is 1. The number of hydrogen-bond acceptors (Lipinski definition) is 3. The summed E-state index contributed by atoms with van der Waals surface area (Å²) in [6.07, 6.45) is 0. The van der Waals surface area contributed by atoms with Gasteiger partial charge in [0.1, 0.15) is 10.1 Å². The number of rotatable bonds is 2. The van der Waals surface area contributed by atoms with E-state index in [0.717, 1.165) is 22.3 Å². The molecule has 0 aliphatic rings. The maximum atomic E-state index is 11.0. The molecule has 0 spiro atoms. The van der Waals surface area contributed by atoms with E-state index in [-0.39, 0.29) is 34.5 Å². The molecule has 0 unspecified atom stereocenters. The predicted octanol–water partition coefficient (Wildman–Crippen LogP) is 0.500. The molecule has 22 heavy (non-hydrogen) atoms. The monoisotopic (exact) mass is 343 g/mol. The maximum Gasteiger partial charge on any atom is 1.00 e. The molecular formula is C15H11ClNNaO3S. The molecule has 7 heteroatoms. The van der Waals surface area contributed by atoms with Crippen molar-refractivity contribution in [1.29, 1.82) is 0 Å². The zero-order valence-electron chi connectivity index (χ0n) is 12.1. The van der Waals surface area contributed by atoms with Gasteiger partial charge in [-0.1, -0.05) is 11.6 Å². The second kappa shape index (κ2) is 6.35. The van der Waals surface area contributed by atoms with Gasteiger partial charge in [-0.3, -0.25) is 0 Å². The molecule has 0 bridgehead atoms. The Morgan fingerprint density at radius 2 is 1.68 bits per heavy atom. The molecule has 0 atom stereocenters. The van der Waals surface area contributed by atoms with Gasteiger partial charge in [-0.05, 0) is 55.5 Å². The van der Waals surface area contributed by atoms with Crippen LogP contribution in [0, 0.1) is 6.92 Å². The molecule has 0 fully saturated rings. The number of hydrogen-bond donors (Lipinski definition) is 0. The molecule has 0 amide bonds. The average Bonchev–Trinajstić information content (AvgIpc) is 2.73. The molecule has 3 aromatic rings. The van der Waals surface area contributed by atoms with Crippen LogP contribution in [0.1, 0.15) is 5.69 Å². The van der Waals surface area contributed by atoms with Crippen LogP contribution in [0.25, 0.3) is 16.6 Å². The molecule has 4 nitrogen and oxygen atoms in total. The second-order valence-corrected chi connectivity index (χ2v) is 6.59. The van der Waals surface area contributed by atoms with Crippen molar-refractivity contribution in [1.82, 2.24) is 4.57 Å². The van der Waals surface area contributed by atoms with Crippen LogP contribution in [-0.2, 0) is 10.1 Å². The van der Waals surface area contributed by atoms with Crippen molar-refractivity contribution in [3.05, 3.63) is 59.2 Å². The molecule has 0 aliphatic carbocycles. The average molecular weight is 344 g/mol. The summed E-state index contributed by atoms with van der Waals surface area (Å²) in [5, 5.41) is 1.66. The quantitative estimate of drug-likeness (QED) is 0.503. The fourth-order valence-corrected chi connectivity index (χ4v) is 3.08. The number of fused-ring (bicyclic) bond motifs is 1. The van der Waals surface area contributed by atoms with Crippen LogP contribution >= 0.6 is 11.6 Å². The third kappa shape index (κ3) is 3.25. The Hall–Kier alpha value is -0.820. The van der Waals surface area contributed by atoms with E-state index >= 15 is 0 Å². The first-order chi connectivity index (χ1) is 9.86. The van der Waals surface area contributed by atoms with Crippen molar-refractivity contribution in [3.63, 3.8) is 0 Å². The molecule has 1 aromatic heterocycles. The first kappa shape index (κ1) is 17.5. The van der Waals surface area contributed by atoms with Crippen LogP contribution in [0.15, 0.2) is 53.4 Å². The molecule has 0 N–H and O–H groups in total. The van der Waals surface area contributed by atoms with Gasteiger partial charge in [0.2, 0.25) is 0 Å². The van der Waals surface area contributed by atoms with E-state index in [0.29, 0.717) is 5.02 Å². The Labute approximate surface area is 155 Å². The zero-order chi connectivity index (χ0) is 15.2. The van der Waals surface area contributed by atoms with Crippen molar-refractivity contribution >= 4 is 32.6 Å². The molecule has 0 saturated carbocycles. The van der Waals surface area contributed by atoms with Gasteiger partial charge in [0, 0.05) is 21.8 Å². The normalized spacial score (nSPS) is 11.4. The summed E-state index contributed by atoms with van der Waals surface area (Å²) in [6.45, 7) is 1.95. The molecule has 0 radical (unpaired) electrons. The number of benzene rings is 2. The van der Waals surface area contributed by atoms with E-state index in [1.807, 2.05) is 29.7 Å². The molecule has 0 saturated heterocycles.